The smallest absolute Gasteiger partial charge is 0.243 e. The van der Waals surface area contributed by atoms with Crippen LogP contribution in [0.4, 0.5) is 0 Å². The standard InChI is InChI=1S/C15H17N5O3S/c1-11-4-5-12(7-16)6-13(11)24(21,22)20-9-15(10-20,23-3)14-8-17-18-19(14)2/h4-6,8H,9-10H2,1-3H3. The molecular weight excluding hydrogens is 330 g/mol. The Labute approximate surface area is 140 Å². The van der Waals surface area contributed by atoms with Crippen LogP contribution in [0.25, 0.3) is 0 Å². The lowest BCUT2D eigenvalue weighted by Gasteiger charge is -2.47. The summed E-state index contributed by atoms with van der Waals surface area (Å²) in [7, 11) is -0.421. The van der Waals surface area contributed by atoms with Crippen molar-refractivity contribution < 1.29 is 13.2 Å². The summed E-state index contributed by atoms with van der Waals surface area (Å²) in [6.07, 6.45) is 1.58. The van der Waals surface area contributed by atoms with Crippen LogP contribution >= 0.6 is 0 Å². The Kier molecular flexibility index (Phi) is 3.91. The van der Waals surface area contributed by atoms with Gasteiger partial charge in [-0.3, -0.25) is 0 Å². The zero-order chi connectivity index (χ0) is 17.5. The molecule has 2 heterocycles. The number of rotatable bonds is 4. The fraction of sp³-hybridized carbons (Fsp3) is 0.400. The third-order valence-electron chi connectivity index (χ3n) is 4.37. The van der Waals surface area contributed by atoms with Gasteiger partial charge in [0.05, 0.1) is 41.5 Å². The van der Waals surface area contributed by atoms with Gasteiger partial charge in [-0.2, -0.15) is 9.57 Å². The van der Waals surface area contributed by atoms with Crippen molar-refractivity contribution in [1.82, 2.24) is 19.3 Å². The van der Waals surface area contributed by atoms with E-state index in [0.29, 0.717) is 11.1 Å². The highest BCUT2D eigenvalue weighted by Crippen LogP contribution is 2.38. The number of hydrogen-bond donors (Lipinski definition) is 0. The maximum atomic E-state index is 12.9. The summed E-state index contributed by atoms with van der Waals surface area (Å²) in [5, 5.41) is 16.7. The van der Waals surface area contributed by atoms with Crippen molar-refractivity contribution in [3.63, 3.8) is 0 Å². The van der Waals surface area contributed by atoms with Gasteiger partial charge in [0, 0.05) is 14.2 Å². The summed E-state index contributed by atoms with van der Waals surface area (Å²) >= 11 is 0. The first kappa shape index (κ1) is 16.6. The SMILES string of the molecule is COC1(c2cnnn2C)CN(S(=O)(=O)c2cc(C#N)ccc2C)C1. The third-order valence-corrected chi connectivity index (χ3v) is 6.30. The van der Waals surface area contributed by atoms with E-state index in [0.717, 1.165) is 5.69 Å². The van der Waals surface area contributed by atoms with Crippen molar-refractivity contribution in [2.75, 3.05) is 20.2 Å². The van der Waals surface area contributed by atoms with Crippen molar-refractivity contribution in [3.05, 3.63) is 41.2 Å². The minimum atomic E-state index is -3.70. The Morgan fingerprint density at radius 3 is 2.62 bits per heavy atom. The Hall–Kier alpha value is -2.28. The van der Waals surface area contributed by atoms with Crippen LogP contribution in [0.3, 0.4) is 0 Å². The van der Waals surface area contributed by atoms with E-state index in [1.165, 1.54) is 10.4 Å². The zero-order valence-corrected chi connectivity index (χ0v) is 14.4. The van der Waals surface area contributed by atoms with Crippen molar-refractivity contribution in [2.24, 2.45) is 7.05 Å². The highest BCUT2D eigenvalue weighted by Gasteiger charge is 2.52. The van der Waals surface area contributed by atoms with Gasteiger partial charge in [-0.15, -0.1) is 5.10 Å². The van der Waals surface area contributed by atoms with Gasteiger partial charge < -0.3 is 4.74 Å². The fourth-order valence-electron chi connectivity index (χ4n) is 2.88. The number of aromatic nitrogens is 3. The van der Waals surface area contributed by atoms with Gasteiger partial charge >= 0.3 is 0 Å². The van der Waals surface area contributed by atoms with Gasteiger partial charge in [-0.25, -0.2) is 13.1 Å². The van der Waals surface area contributed by atoms with Crippen molar-refractivity contribution in [2.45, 2.75) is 17.4 Å². The Balaban J connectivity index is 1.92. The van der Waals surface area contributed by atoms with Crippen LogP contribution in [-0.2, 0) is 27.4 Å². The molecule has 1 aliphatic heterocycles. The lowest BCUT2D eigenvalue weighted by molar-refractivity contribution is -0.103. The molecule has 1 fully saturated rings. The molecule has 0 bridgehead atoms. The first-order valence-electron chi connectivity index (χ1n) is 7.25. The molecule has 0 spiro atoms. The molecule has 126 valence electrons. The predicted molar refractivity (Wildman–Crippen MR) is 84.3 cm³/mol. The molecule has 9 heteroatoms. The van der Waals surface area contributed by atoms with E-state index in [1.807, 2.05) is 6.07 Å². The van der Waals surface area contributed by atoms with Crippen LogP contribution in [0, 0.1) is 18.3 Å². The Morgan fingerprint density at radius 2 is 2.08 bits per heavy atom. The number of benzene rings is 1. The predicted octanol–water partition coefficient (Wildman–Crippen LogP) is 0.541. The van der Waals surface area contributed by atoms with Crippen molar-refractivity contribution in [1.29, 1.82) is 5.26 Å². The van der Waals surface area contributed by atoms with Gasteiger partial charge in [-0.05, 0) is 24.6 Å². The average Bonchev–Trinajstić information content (AvgIpc) is 2.94. The second kappa shape index (κ2) is 5.66. The average molecular weight is 347 g/mol. The first-order valence-corrected chi connectivity index (χ1v) is 8.69. The third kappa shape index (κ3) is 2.39. The second-order valence-corrected chi connectivity index (χ2v) is 7.71. The van der Waals surface area contributed by atoms with E-state index in [9.17, 15) is 8.42 Å². The van der Waals surface area contributed by atoms with Gasteiger partial charge in [0.25, 0.3) is 0 Å². The summed E-state index contributed by atoms with van der Waals surface area (Å²) < 4.78 is 34.3. The van der Waals surface area contributed by atoms with Gasteiger partial charge in [0.15, 0.2) is 0 Å². The van der Waals surface area contributed by atoms with Crippen molar-refractivity contribution in [3.8, 4) is 6.07 Å². The van der Waals surface area contributed by atoms with E-state index >= 15 is 0 Å². The molecule has 3 rings (SSSR count). The molecule has 0 aliphatic carbocycles. The first-order chi connectivity index (χ1) is 11.3. The molecule has 1 aliphatic rings. The number of hydrogen-bond acceptors (Lipinski definition) is 6. The molecule has 1 saturated heterocycles. The maximum Gasteiger partial charge on any atom is 0.243 e. The summed E-state index contributed by atoms with van der Waals surface area (Å²) in [6.45, 7) is 2.05. The van der Waals surface area contributed by atoms with E-state index in [2.05, 4.69) is 10.3 Å². The minimum Gasteiger partial charge on any atom is -0.369 e. The summed E-state index contributed by atoms with van der Waals surface area (Å²) in [5.41, 5.74) is 0.880. The number of aryl methyl sites for hydroxylation is 2. The topological polar surface area (TPSA) is 101 Å². The zero-order valence-electron chi connectivity index (χ0n) is 13.6. The van der Waals surface area contributed by atoms with Crippen LogP contribution in [0.1, 0.15) is 16.8 Å². The summed E-state index contributed by atoms with van der Waals surface area (Å²) in [5.74, 6) is 0. The van der Waals surface area contributed by atoms with Crippen LogP contribution in [0.2, 0.25) is 0 Å². The molecule has 0 atom stereocenters. The highest BCUT2D eigenvalue weighted by molar-refractivity contribution is 7.89. The number of methoxy groups -OCH3 is 1. The molecule has 24 heavy (non-hydrogen) atoms. The van der Waals surface area contributed by atoms with E-state index in [1.54, 1.807) is 44.1 Å². The fourth-order valence-corrected chi connectivity index (χ4v) is 4.66. The normalized spacial score (nSPS) is 17.2. The molecule has 0 N–H and O–H groups in total. The van der Waals surface area contributed by atoms with Gasteiger partial charge in [-0.1, -0.05) is 11.3 Å². The van der Waals surface area contributed by atoms with E-state index in [4.69, 9.17) is 10.00 Å². The molecule has 1 aromatic carbocycles. The van der Waals surface area contributed by atoms with Gasteiger partial charge in [0.1, 0.15) is 5.60 Å². The van der Waals surface area contributed by atoms with Crippen molar-refractivity contribution >= 4 is 10.0 Å². The van der Waals surface area contributed by atoms with E-state index in [-0.39, 0.29) is 18.0 Å². The van der Waals surface area contributed by atoms with Crippen LogP contribution in [-0.4, -0.2) is 47.9 Å². The second-order valence-electron chi connectivity index (χ2n) is 5.81. The molecular formula is C15H17N5O3S. The molecule has 0 unspecified atom stereocenters. The van der Waals surface area contributed by atoms with Crippen LogP contribution < -0.4 is 0 Å². The number of nitriles is 1. The maximum absolute atomic E-state index is 12.9. The molecule has 0 radical (unpaired) electrons. The lowest BCUT2D eigenvalue weighted by Crippen LogP contribution is -2.62. The number of nitrogens with zero attached hydrogens (tertiary/aromatic N) is 5. The van der Waals surface area contributed by atoms with Gasteiger partial charge in [0.2, 0.25) is 10.0 Å². The largest absolute Gasteiger partial charge is 0.369 e. The minimum absolute atomic E-state index is 0.148. The molecule has 8 nitrogen and oxygen atoms in total. The lowest BCUT2D eigenvalue weighted by atomic mass is 9.93. The monoisotopic (exact) mass is 347 g/mol. The van der Waals surface area contributed by atoms with Crippen LogP contribution in [0.5, 0.6) is 0 Å². The quantitative estimate of drug-likeness (QED) is 0.800. The summed E-state index contributed by atoms with van der Waals surface area (Å²) in [6, 6.07) is 6.62. The summed E-state index contributed by atoms with van der Waals surface area (Å²) in [4.78, 5) is 0.148. The molecule has 2 aromatic rings. The Morgan fingerprint density at radius 1 is 1.38 bits per heavy atom. The number of sulfonamides is 1. The highest BCUT2D eigenvalue weighted by atomic mass is 32.2. The Bertz CT molecular complexity index is 923. The molecule has 0 saturated carbocycles. The van der Waals surface area contributed by atoms with Crippen LogP contribution in [0.15, 0.2) is 29.3 Å². The molecule has 1 aromatic heterocycles. The molecule has 0 amide bonds. The van der Waals surface area contributed by atoms with E-state index < -0.39 is 15.6 Å². The number of ether oxygens (including phenoxy) is 1.